The van der Waals surface area contributed by atoms with E-state index in [1.54, 1.807) is 11.3 Å². The van der Waals surface area contributed by atoms with E-state index in [1.807, 2.05) is 36.6 Å². The van der Waals surface area contributed by atoms with Gasteiger partial charge in [-0.15, -0.1) is 11.3 Å². The Hall–Kier alpha value is -1.87. The Labute approximate surface area is 110 Å². The molecule has 0 bridgehead atoms. The Morgan fingerprint density at radius 2 is 2.00 bits per heavy atom. The van der Waals surface area contributed by atoms with E-state index in [1.165, 1.54) is 5.56 Å². The number of carbonyl (C=O) groups is 1. The zero-order valence-electron chi connectivity index (χ0n) is 10.3. The van der Waals surface area contributed by atoms with Crippen molar-refractivity contribution in [3.05, 3.63) is 51.2 Å². The van der Waals surface area contributed by atoms with E-state index in [2.05, 4.69) is 18.3 Å². The summed E-state index contributed by atoms with van der Waals surface area (Å²) in [7, 11) is 0. The van der Waals surface area contributed by atoms with Gasteiger partial charge in [0.15, 0.2) is 0 Å². The molecular formula is C15H13NOS. The second kappa shape index (κ2) is 4.10. The maximum atomic E-state index is 12.0. The fourth-order valence-corrected chi connectivity index (χ4v) is 3.09. The van der Waals surface area contributed by atoms with Crippen molar-refractivity contribution < 1.29 is 4.79 Å². The number of benzene rings is 1. The van der Waals surface area contributed by atoms with Crippen molar-refractivity contribution in [3.8, 4) is 0 Å². The molecule has 1 N–H and O–H groups in total. The lowest BCUT2D eigenvalue weighted by Crippen LogP contribution is -2.03. The summed E-state index contributed by atoms with van der Waals surface area (Å²) in [4.78, 5) is 13.2. The lowest BCUT2D eigenvalue weighted by molar-refractivity contribution is -0.110. The zero-order chi connectivity index (χ0) is 12.7. The van der Waals surface area contributed by atoms with Crippen LogP contribution < -0.4 is 5.32 Å². The molecule has 1 aromatic heterocycles. The molecule has 1 aliphatic heterocycles. The van der Waals surface area contributed by atoms with Crippen LogP contribution in [0, 0.1) is 13.8 Å². The molecule has 2 nitrogen and oxygen atoms in total. The topological polar surface area (TPSA) is 29.1 Å². The van der Waals surface area contributed by atoms with E-state index < -0.39 is 0 Å². The summed E-state index contributed by atoms with van der Waals surface area (Å²) >= 11 is 1.66. The van der Waals surface area contributed by atoms with Crippen LogP contribution in [0.3, 0.4) is 0 Å². The van der Waals surface area contributed by atoms with E-state index >= 15 is 0 Å². The Balaban J connectivity index is 2.18. The molecule has 0 aliphatic carbocycles. The van der Waals surface area contributed by atoms with Crippen molar-refractivity contribution in [2.24, 2.45) is 0 Å². The number of hydrogen-bond donors (Lipinski definition) is 1. The van der Waals surface area contributed by atoms with Crippen molar-refractivity contribution >= 4 is 34.6 Å². The molecule has 2 aromatic rings. The molecule has 3 rings (SSSR count). The summed E-state index contributed by atoms with van der Waals surface area (Å²) in [6.07, 6.45) is 1.99. The number of hydrogen-bond acceptors (Lipinski definition) is 2. The van der Waals surface area contributed by atoms with Crippen LogP contribution in [0.1, 0.15) is 21.6 Å². The standard InChI is InChI=1S/C15H13NOS/c1-9-6-7-18-13(9)8-11-14-10(2)4-3-5-12(14)16-15(11)17/h3-8H,1-2H3,(H,16,17). The normalized spacial score (nSPS) is 15.9. The number of thiophene rings is 1. The van der Waals surface area contributed by atoms with Crippen LogP contribution in [0.5, 0.6) is 0 Å². The predicted molar refractivity (Wildman–Crippen MR) is 76.7 cm³/mol. The lowest BCUT2D eigenvalue weighted by atomic mass is 10.0. The molecule has 0 radical (unpaired) electrons. The summed E-state index contributed by atoms with van der Waals surface area (Å²) in [5, 5.41) is 4.97. The minimum atomic E-state index is -0.00731. The van der Waals surface area contributed by atoms with Crippen LogP contribution in [-0.4, -0.2) is 5.91 Å². The molecule has 0 saturated heterocycles. The van der Waals surface area contributed by atoms with Crippen molar-refractivity contribution in [2.75, 3.05) is 5.32 Å². The van der Waals surface area contributed by atoms with Crippen LogP contribution in [0.2, 0.25) is 0 Å². The van der Waals surface area contributed by atoms with Gasteiger partial charge in [-0.2, -0.15) is 0 Å². The summed E-state index contributed by atoms with van der Waals surface area (Å²) in [5.74, 6) is -0.00731. The highest BCUT2D eigenvalue weighted by Gasteiger charge is 2.25. The molecule has 1 aromatic carbocycles. The number of fused-ring (bicyclic) bond motifs is 1. The largest absolute Gasteiger partial charge is 0.321 e. The van der Waals surface area contributed by atoms with Crippen LogP contribution in [-0.2, 0) is 4.79 Å². The second-order valence-corrected chi connectivity index (χ2v) is 5.43. The van der Waals surface area contributed by atoms with Gasteiger partial charge in [0.25, 0.3) is 5.91 Å². The van der Waals surface area contributed by atoms with Gasteiger partial charge in [0, 0.05) is 16.1 Å². The molecule has 0 atom stereocenters. The number of amides is 1. The van der Waals surface area contributed by atoms with E-state index in [9.17, 15) is 4.79 Å². The zero-order valence-corrected chi connectivity index (χ0v) is 11.1. The molecule has 0 saturated carbocycles. The van der Waals surface area contributed by atoms with E-state index in [-0.39, 0.29) is 5.91 Å². The average molecular weight is 255 g/mol. The highest BCUT2D eigenvalue weighted by molar-refractivity contribution is 7.11. The number of aryl methyl sites for hydroxylation is 2. The lowest BCUT2D eigenvalue weighted by Gasteiger charge is -2.02. The summed E-state index contributed by atoms with van der Waals surface area (Å²) < 4.78 is 0. The predicted octanol–water partition coefficient (Wildman–Crippen LogP) is 3.86. The number of anilines is 1. The van der Waals surface area contributed by atoms with E-state index in [0.717, 1.165) is 27.3 Å². The van der Waals surface area contributed by atoms with Crippen molar-refractivity contribution in [1.29, 1.82) is 0 Å². The first-order valence-corrected chi connectivity index (χ1v) is 6.72. The Bertz CT molecular complexity index is 667. The van der Waals surface area contributed by atoms with Gasteiger partial charge in [-0.25, -0.2) is 0 Å². The quantitative estimate of drug-likeness (QED) is 0.770. The third-order valence-corrected chi connectivity index (χ3v) is 4.18. The maximum absolute atomic E-state index is 12.0. The van der Waals surface area contributed by atoms with Crippen LogP contribution in [0.4, 0.5) is 5.69 Å². The molecule has 90 valence electrons. The Kier molecular flexibility index (Phi) is 2.56. The van der Waals surface area contributed by atoms with Crippen LogP contribution in [0.25, 0.3) is 11.6 Å². The summed E-state index contributed by atoms with van der Waals surface area (Å²) in [6, 6.07) is 8.02. The van der Waals surface area contributed by atoms with Crippen molar-refractivity contribution in [2.45, 2.75) is 13.8 Å². The maximum Gasteiger partial charge on any atom is 0.256 e. The fraction of sp³-hybridized carbons (Fsp3) is 0.133. The molecule has 0 spiro atoms. The molecule has 0 fully saturated rings. The summed E-state index contributed by atoms with van der Waals surface area (Å²) in [5.41, 5.74) is 5.07. The van der Waals surface area contributed by atoms with Gasteiger partial charge >= 0.3 is 0 Å². The third kappa shape index (κ3) is 1.68. The second-order valence-electron chi connectivity index (χ2n) is 4.48. The van der Waals surface area contributed by atoms with Gasteiger partial charge in [0.05, 0.1) is 5.57 Å². The highest BCUT2D eigenvalue weighted by Crippen LogP contribution is 2.36. The first-order chi connectivity index (χ1) is 8.66. The van der Waals surface area contributed by atoms with Gasteiger partial charge in [0.2, 0.25) is 0 Å². The van der Waals surface area contributed by atoms with Crippen LogP contribution in [0.15, 0.2) is 29.6 Å². The van der Waals surface area contributed by atoms with Gasteiger partial charge in [-0.05, 0) is 48.6 Å². The molecule has 3 heteroatoms. The smallest absolute Gasteiger partial charge is 0.256 e. The Morgan fingerprint density at radius 1 is 1.17 bits per heavy atom. The molecule has 0 unspecified atom stereocenters. The SMILES string of the molecule is Cc1ccsc1C=C1C(=O)Nc2cccc(C)c21. The minimum Gasteiger partial charge on any atom is -0.321 e. The van der Waals surface area contributed by atoms with Gasteiger partial charge < -0.3 is 5.32 Å². The first-order valence-electron chi connectivity index (χ1n) is 5.84. The van der Waals surface area contributed by atoms with E-state index in [0.29, 0.717) is 0 Å². The molecule has 2 heterocycles. The monoisotopic (exact) mass is 255 g/mol. The number of nitrogens with one attached hydrogen (secondary N) is 1. The fourth-order valence-electron chi connectivity index (χ4n) is 2.23. The highest BCUT2D eigenvalue weighted by atomic mass is 32.1. The molecule has 1 aliphatic rings. The number of carbonyl (C=O) groups excluding carboxylic acids is 1. The minimum absolute atomic E-state index is 0.00731. The Morgan fingerprint density at radius 3 is 2.72 bits per heavy atom. The van der Waals surface area contributed by atoms with Crippen molar-refractivity contribution in [1.82, 2.24) is 0 Å². The number of rotatable bonds is 1. The van der Waals surface area contributed by atoms with E-state index in [4.69, 9.17) is 0 Å². The summed E-state index contributed by atoms with van der Waals surface area (Å²) in [6.45, 7) is 4.10. The molecule has 1 amide bonds. The van der Waals surface area contributed by atoms with Gasteiger partial charge in [-0.1, -0.05) is 12.1 Å². The van der Waals surface area contributed by atoms with Crippen LogP contribution >= 0.6 is 11.3 Å². The van der Waals surface area contributed by atoms with Gasteiger partial charge in [0.1, 0.15) is 0 Å². The molecule has 18 heavy (non-hydrogen) atoms. The first kappa shape index (κ1) is 11.2. The van der Waals surface area contributed by atoms with Crippen molar-refractivity contribution in [3.63, 3.8) is 0 Å². The van der Waals surface area contributed by atoms with Gasteiger partial charge in [-0.3, -0.25) is 4.79 Å². The molecular weight excluding hydrogens is 242 g/mol. The third-order valence-electron chi connectivity index (χ3n) is 3.21. The average Bonchev–Trinajstić information content (AvgIpc) is 2.86.